The second-order valence-electron chi connectivity index (χ2n) is 5.26. The number of para-hydroxylation sites is 2. The molecule has 0 bridgehead atoms. The van der Waals surface area contributed by atoms with Crippen LogP contribution in [-0.2, 0) is 11.2 Å². The van der Waals surface area contributed by atoms with Crippen molar-refractivity contribution in [1.29, 1.82) is 5.26 Å². The van der Waals surface area contributed by atoms with E-state index in [0.29, 0.717) is 16.9 Å². The molecule has 0 spiro atoms. The van der Waals surface area contributed by atoms with E-state index in [1.54, 1.807) is 18.2 Å². The van der Waals surface area contributed by atoms with Crippen LogP contribution >= 0.6 is 0 Å². The highest BCUT2D eigenvalue weighted by molar-refractivity contribution is 5.88. The van der Waals surface area contributed by atoms with E-state index in [9.17, 15) is 14.4 Å². The van der Waals surface area contributed by atoms with Gasteiger partial charge in [-0.2, -0.15) is 5.26 Å². The average molecular weight is 307 g/mol. The van der Waals surface area contributed by atoms with Crippen molar-refractivity contribution in [3.8, 4) is 6.07 Å². The molecule has 4 nitrogen and oxygen atoms in total. The Morgan fingerprint density at radius 2 is 1.96 bits per heavy atom. The van der Waals surface area contributed by atoms with E-state index in [1.165, 1.54) is 6.07 Å². The number of aryl methyl sites for hydroxylation is 1. The SMILES string of the molecule is N#C[C@H](C(=O)CCc1ccccc1F)c1nc2ccccc2[nH]1. The van der Waals surface area contributed by atoms with Gasteiger partial charge < -0.3 is 4.98 Å². The first kappa shape index (κ1) is 14.9. The van der Waals surface area contributed by atoms with Crippen molar-refractivity contribution in [2.45, 2.75) is 18.8 Å². The average Bonchev–Trinajstić information content (AvgIpc) is 2.98. The van der Waals surface area contributed by atoms with Crippen LogP contribution in [0.1, 0.15) is 23.7 Å². The first-order valence-corrected chi connectivity index (χ1v) is 7.29. The fourth-order valence-electron chi connectivity index (χ4n) is 2.50. The normalized spacial score (nSPS) is 12.0. The molecule has 5 heteroatoms. The van der Waals surface area contributed by atoms with Gasteiger partial charge in [-0.15, -0.1) is 0 Å². The highest BCUT2D eigenvalue weighted by Gasteiger charge is 2.23. The molecule has 0 aliphatic carbocycles. The van der Waals surface area contributed by atoms with Gasteiger partial charge in [0.2, 0.25) is 0 Å². The van der Waals surface area contributed by atoms with E-state index in [4.69, 9.17) is 0 Å². The quantitative estimate of drug-likeness (QED) is 0.784. The number of benzene rings is 2. The zero-order valence-electron chi connectivity index (χ0n) is 12.3. The number of carbonyl (C=O) groups excluding carboxylic acids is 1. The summed E-state index contributed by atoms with van der Waals surface area (Å²) in [6.45, 7) is 0. The fraction of sp³-hybridized carbons (Fsp3) is 0.167. The van der Waals surface area contributed by atoms with Crippen molar-refractivity contribution in [3.05, 3.63) is 65.7 Å². The Labute approximate surface area is 132 Å². The fourth-order valence-corrected chi connectivity index (χ4v) is 2.50. The van der Waals surface area contributed by atoms with Gasteiger partial charge in [0, 0.05) is 6.42 Å². The number of imidazole rings is 1. The van der Waals surface area contributed by atoms with Gasteiger partial charge in [-0.25, -0.2) is 9.37 Å². The van der Waals surface area contributed by atoms with Gasteiger partial charge in [-0.05, 0) is 30.2 Å². The number of ketones is 1. The summed E-state index contributed by atoms with van der Waals surface area (Å²) in [5.74, 6) is -1.23. The van der Waals surface area contributed by atoms with Crippen LogP contribution in [0.2, 0.25) is 0 Å². The molecule has 23 heavy (non-hydrogen) atoms. The van der Waals surface area contributed by atoms with Crippen LogP contribution in [0, 0.1) is 17.1 Å². The topological polar surface area (TPSA) is 69.5 Å². The van der Waals surface area contributed by atoms with Crippen molar-refractivity contribution in [2.24, 2.45) is 0 Å². The molecular formula is C18H14FN3O. The number of aromatic nitrogens is 2. The molecule has 0 aliphatic rings. The van der Waals surface area contributed by atoms with Crippen LogP contribution in [-0.4, -0.2) is 15.8 Å². The predicted octanol–water partition coefficient (Wildman–Crippen LogP) is 3.51. The molecule has 0 fully saturated rings. The lowest BCUT2D eigenvalue weighted by Crippen LogP contribution is -2.13. The van der Waals surface area contributed by atoms with Crippen molar-refractivity contribution in [1.82, 2.24) is 9.97 Å². The summed E-state index contributed by atoms with van der Waals surface area (Å²) in [7, 11) is 0. The molecule has 0 unspecified atom stereocenters. The van der Waals surface area contributed by atoms with Crippen LogP contribution < -0.4 is 0 Å². The monoisotopic (exact) mass is 307 g/mol. The molecule has 3 rings (SSSR count). The molecule has 0 amide bonds. The Bertz CT molecular complexity index is 861. The predicted molar refractivity (Wildman–Crippen MR) is 84.2 cm³/mol. The van der Waals surface area contributed by atoms with Crippen LogP contribution in [0.3, 0.4) is 0 Å². The van der Waals surface area contributed by atoms with Crippen molar-refractivity contribution >= 4 is 16.8 Å². The lowest BCUT2D eigenvalue weighted by atomic mass is 9.98. The highest BCUT2D eigenvalue weighted by atomic mass is 19.1. The first-order chi connectivity index (χ1) is 11.2. The third kappa shape index (κ3) is 3.11. The van der Waals surface area contributed by atoms with E-state index in [-0.39, 0.29) is 24.4 Å². The number of nitrogens with zero attached hydrogens (tertiary/aromatic N) is 2. The smallest absolute Gasteiger partial charge is 0.162 e. The Morgan fingerprint density at radius 1 is 1.22 bits per heavy atom. The van der Waals surface area contributed by atoms with Gasteiger partial charge >= 0.3 is 0 Å². The van der Waals surface area contributed by atoms with E-state index >= 15 is 0 Å². The molecule has 3 aromatic rings. The third-order valence-corrected chi connectivity index (χ3v) is 3.73. The zero-order valence-corrected chi connectivity index (χ0v) is 12.3. The van der Waals surface area contributed by atoms with E-state index in [0.717, 1.165) is 5.52 Å². The number of hydrogen-bond acceptors (Lipinski definition) is 3. The Balaban J connectivity index is 1.76. The maximum atomic E-state index is 13.6. The maximum absolute atomic E-state index is 13.6. The highest BCUT2D eigenvalue weighted by Crippen LogP contribution is 2.20. The number of carbonyl (C=O) groups is 1. The lowest BCUT2D eigenvalue weighted by molar-refractivity contribution is -0.119. The van der Waals surface area contributed by atoms with Crippen molar-refractivity contribution in [2.75, 3.05) is 0 Å². The van der Waals surface area contributed by atoms with Crippen molar-refractivity contribution < 1.29 is 9.18 Å². The van der Waals surface area contributed by atoms with E-state index in [1.807, 2.05) is 30.3 Å². The second kappa shape index (κ2) is 6.41. The number of hydrogen-bond donors (Lipinski definition) is 1. The van der Waals surface area contributed by atoms with E-state index < -0.39 is 5.92 Å². The third-order valence-electron chi connectivity index (χ3n) is 3.73. The number of halogens is 1. The minimum Gasteiger partial charge on any atom is -0.340 e. The minimum atomic E-state index is -0.964. The largest absolute Gasteiger partial charge is 0.340 e. The summed E-state index contributed by atoms with van der Waals surface area (Å²) in [5, 5.41) is 9.32. The first-order valence-electron chi connectivity index (χ1n) is 7.29. The zero-order chi connectivity index (χ0) is 16.2. The summed E-state index contributed by atoms with van der Waals surface area (Å²) in [6.07, 6.45) is 0.361. The van der Waals surface area contributed by atoms with Gasteiger partial charge in [-0.1, -0.05) is 30.3 Å². The van der Waals surface area contributed by atoms with Gasteiger partial charge in [0.1, 0.15) is 11.6 Å². The van der Waals surface area contributed by atoms with Gasteiger partial charge in [0.25, 0.3) is 0 Å². The van der Waals surface area contributed by atoms with Crippen LogP contribution in [0.5, 0.6) is 0 Å². The molecule has 0 saturated heterocycles. The summed E-state index contributed by atoms with van der Waals surface area (Å²) in [4.78, 5) is 19.6. The van der Waals surface area contributed by atoms with Crippen LogP contribution in [0.25, 0.3) is 11.0 Å². The molecule has 0 aliphatic heterocycles. The number of aromatic amines is 1. The number of nitrogens with one attached hydrogen (secondary N) is 1. The Kier molecular flexibility index (Phi) is 4.15. The van der Waals surface area contributed by atoms with Gasteiger partial charge in [0.15, 0.2) is 11.7 Å². The van der Waals surface area contributed by atoms with Gasteiger partial charge in [0.05, 0.1) is 17.1 Å². The molecule has 0 radical (unpaired) electrons. The molecule has 2 aromatic carbocycles. The number of rotatable bonds is 5. The number of Topliss-reactive ketones (excluding diaryl/α,β-unsaturated/α-hetero) is 1. The summed E-state index contributed by atoms with van der Waals surface area (Å²) in [6, 6.07) is 15.7. The Morgan fingerprint density at radius 3 is 2.70 bits per heavy atom. The molecule has 114 valence electrons. The molecular weight excluding hydrogens is 293 g/mol. The number of nitriles is 1. The van der Waals surface area contributed by atoms with Crippen LogP contribution in [0.4, 0.5) is 4.39 Å². The van der Waals surface area contributed by atoms with E-state index in [2.05, 4.69) is 9.97 Å². The standard InChI is InChI=1S/C18H14FN3O/c19-14-6-2-1-5-12(14)9-10-17(23)13(11-20)18-21-15-7-3-4-8-16(15)22-18/h1-8,13H,9-10H2,(H,21,22)/t13-/m1/s1. The van der Waals surface area contributed by atoms with Crippen molar-refractivity contribution in [3.63, 3.8) is 0 Å². The molecule has 1 aromatic heterocycles. The molecule has 1 heterocycles. The molecule has 0 saturated carbocycles. The van der Waals surface area contributed by atoms with Crippen LogP contribution in [0.15, 0.2) is 48.5 Å². The number of fused-ring (bicyclic) bond motifs is 1. The maximum Gasteiger partial charge on any atom is 0.162 e. The minimum absolute atomic E-state index is 0.0935. The summed E-state index contributed by atoms with van der Waals surface area (Å²) < 4.78 is 13.6. The second-order valence-corrected chi connectivity index (χ2v) is 5.26. The lowest BCUT2D eigenvalue weighted by Gasteiger charge is -2.06. The Hall–Kier alpha value is -3.00. The number of H-pyrrole nitrogens is 1. The summed E-state index contributed by atoms with van der Waals surface area (Å²) in [5.41, 5.74) is 1.97. The summed E-state index contributed by atoms with van der Waals surface area (Å²) >= 11 is 0. The molecule has 1 atom stereocenters. The van der Waals surface area contributed by atoms with Gasteiger partial charge in [-0.3, -0.25) is 4.79 Å². The molecule has 1 N–H and O–H groups in total.